The normalized spacial score (nSPS) is 14.0. The average Bonchev–Trinajstić information content (AvgIpc) is 2.10. The molecule has 0 saturated carbocycles. The first-order valence-corrected chi connectivity index (χ1v) is 4.64. The van der Waals surface area contributed by atoms with E-state index in [1.54, 1.807) is 6.92 Å². The fourth-order valence-corrected chi connectivity index (χ4v) is 1.16. The van der Waals surface area contributed by atoms with Crippen molar-refractivity contribution in [1.82, 2.24) is 10.6 Å². The van der Waals surface area contributed by atoms with Gasteiger partial charge in [-0.3, -0.25) is 0 Å². The number of hydrogen-bond donors (Lipinski definition) is 5. The second kappa shape index (κ2) is 6.88. The van der Waals surface area contributed by atoms with E-state index in [1.807, 2.05) is 0 Å². The van der Waals surface area contributed by atoms with E-state index in [2.05, 4.69) is 10.6 Å². The lowest BCUT2D eigenvalue weighted by molar-refractivity contribution is 0.185. The van der Waals surface area contributed by atoms with E-state index in [0.717, 1.165) is 0 Å². The maximum absolute atomic E-state index is 10.3. The standard InChI is InChI=1S/C8H17N3O4/c1-5(10-7(12)13)2-3-6(4-9)11-8(14)15/h5-6,10-11H,2-4,9H2,1H3,(H,12,13)(H,14,15). The minimum atomic E-state index is -1.12. The molecule has 2 amide bonds. The summed E-state index contributed by atoms with van der Waals surface area (Å²) < 4.78 is 0. The van der Waals surface area contributed by atoms with Crippen LogP contribution in [0.1, 0.15) is 19.8 Å². The summed E-state index contributed by atoms with van der Waals surface area (Å²) in [6, 6.07) is -0.548. The summed E-state index contributed by atoms with van der Waals surface area (Å²) in [5.74, 6) is 0. The van der Waals surface area contributed by atoms with Gasteiger partial charge in [0.1, 0.15) is 0 Å². The van der Waals surface area contributed by atoms with Gasteiger partial charge in [-0.2, -0.15) is 0 Å². The van der Waals surface area contributed by atoms with Gasteiger partial charge in [0.2, 0.25) is 0 Å². The van der Waals surface area contributed by atoms with Crippen molar-refractivity contribution in [2.75, 3.05) is 6.54 Å². The average molecular weight is 219 g/mol. The summed E-state index contributed by atoms with van der Waals surface area (Å²) in [4.78, 5) is 20.6. The first-order valence-electron chi connectivity index (χ1n) is 4.64. The highest BCUT2D eigenvalue weighted by molar-refractivity contribution is 5.65. The highest BCUT2D eigenvalue weighted by Crippen LogP contribution is 2.00. The summed E-state index contributed by atoms with van der Waals surface area (Å²) in [6.45, 7) is 1.91. The Balaban J connectivity index is 3.79. The SMILES string of the molecule is CC(CCC(CN)NC(=O)O)NC(=O)O. The van der Waals surface area contributed by atoms with Crippen LogP contribution in [0.3, 0.4) is 0 Å². The zero-order valence-electron chi connectivity index (χ0n) is 8.56. The van der Waals surface area contributed by atoms with Crippen LogP contribution in [0.25, 0.3) is 0 Å². The lowest BCUT2D eigenvalue weighted by Gasteiger charge is -2.17. The van der Waals surface area contributed by atoms with Gasteiger partial charge in [-0.15, -0.1) is 0 Å². The van der Waals surface area contributed by atoms with Crippen molar-refractivity contribution in [2.24, 2.45) is 5.73 Å². The molecule has 0 spiro atoms. The predicted molar refractivity (Wildman–Crippen MR) is 53.9 cm³/mol. The first-order chi connectivity index (χ1) is 6.95. The van der Waals surface area contributed by atoms with E-state index in [9.17, 15) is 9.59 Å². The Morgan fingerprint density at radius 3 is 2.13 bits per heavy atom. The number of nitrogens with one attached hydrogen (secondary N) is 2. The highest BCUT2D eigenvalue weighted by atomic mass is 16.4. The van der Waals surface area contributed by atoms with Gasteiger partial charge in [-0.1, -0.05) is 0 Å². The van der Waals surface area contributed by atoms with Gasteiger partial charge in [-0.05, 0) is 19.8 Å². The Morgan fingerprint density at radius 2 is 1.73 bits per heavy atom. The molecule has 0 aromatic heterocycles. The Labute approximate surface area is 87.6 Å². The third-order valence-electron chi connectivity index (χ3n) is 1.93. The minimum absolute atomic E-state index is 0.200. The number of amides is 2. The molecular weight excluding hydrogens is 202 g/mol. The number of rotatable bonds is 6. The van der Waals surface area contributed by atoms with E-state index in [1.165, 1.54) is 0 Å². The molecule has 0 aliphatic carbocycles. The summed E-state index contributed by atoms with van der Waals surface area (Å²) in [7, 11) is 0. The maximum Gasteiger partial charge on any atom is 0.404 e. The lowest BCUT2D eigenvalue weighted by Crippen LogP contribution is -2.41. The largest absolute Gasteiger partial charge is 0.465 e. The smallest absolute Gasteiger partial charge is 0.404 e. The van der Waals surface area contributed by atoms with E-state index >= 15 is 0 Å². The van der Waals surface area contributed by atoms with Crippen LogP contribution in [0.15, 0.2) is 0 Å². The van der Waals surface area contributed by atoms with Gasteiger partial charge in [0.25, 0.3) is 0 Å². The molecule has 6 N–H and O–H groups in total. The van der Waals surface area contributed by atoms with Crippen LogP contribution >= 0.6 is 0 Å². The third-order valence-corrected chi connectivity index (χ3v) is 1.93. The molecule has 0 aliphatic rings. The molecule has 0 fully saturated rings. The van der Waals surface area contributed by atoms with Crippen molar-refractivity contribution in [3.05, 3.63) is 0 Å². The Hall–Kier alpha value is -1.50. The van der Waals surface area contributed by atoms with Gasteiger partial charge in [-0.25, -0.2) is 9.59 Å². The number of carbonyl (C=O) groups is 2. The topological polar surface area (TPSA) is 125 Å². The summed E-state index contributed by atoms with van der Waals surface area (Å²) in [5.41, 5.74) is 5.35. The maximum atomic E-state index is 10.3. The molecule has 0 aromatic rings. The van der Waals surface area contributed by atoms with Crippen molar-refractivity contribution in [3.63, 3.8) is 0 Å². The van der Waals surface area contributed by atoms with E-state index in [0.29, 0.717) is 12.8 Å². The highest BCUT2D eigenvalue weighted by Gasteiger charge is 2.12. The Morgan fingerprint density at radius 1 is 1.20 bits per heavy atom. The monoisotopic (exact) mass is 219 g/mol. The summed E-state index contributed by atoms with van der Waals surface area (Å²) >= 11 is 0. The molecule has 7 nitrogen and oxygen atoms in total. The quantitative estimate of drug-likeness (QED) is 0.430. The molecule has 15 heavy (non-hydrogen) atoms. The Kier molecular flexibility index (Phi) is 6.19. The second-order valence-corrected chi connectivity index (χ2v) is 3.31. The zero-order valence-corrected chi connectivity index (χ0v) is 8.56. The van der Waals surface area contributed by atoms with Crippen molar-refractivity contribution >= 4 is 12.2 Å². The van der Waals surface area contributed by atoms with E-state index in [4.69, 9.17) is 15.9 Å². The molecule has 7 heteroatoms. The fraction of sp³-hybridized carbons (Fsp3) is 0.750. The molecule has 0 rings (SSSR count). The van der Waals surface area contributed by atoms with Crippen LogP contribution in [0.2, 0.25) is 0 Å². The lowest BCUT2D eigenvalue weighted by atomic mass is 10.1. The predicted octanol–water partition coefficient (Wildman–Crippen LogP) is 0.0176. The second-order valence-electron chi connectivity index (χ2n) is 3.31. The summed E-state index contributed by atoms with van der Waals surface area (Å²) in [5, 5.41) is 21.4. The van der Waals surface area contributed by atoms with Crippen LogP contribution < -0.4 is 16.4 Å². The number of carboxylic acid groups (broad SMARTS) is 2. The van der Waals surface area contributed by atoms with Crippen LogP contribution in [0, 0.1) is 0 Å². The van der Waals surface area contributed by atoms with Gasteiger partial charge in [0.05, 0.1) is 0 Å². The molecule has 0 aromatic carbocycles. The zero-order chi connectivity index (χ0) is 11.8. The molecule has 0 heterocycles. The van der Waals surface area contributed by atoms with Crippen molar-refractivity contribution in [2.45, 2.75) is 31.8 Å². The molecule has 88 valence electrons. The minimum Gasteiger partial charge on any atom is -0.465 e. The number of nitrogens with two attached hydrogens (primary N) is 1. The number of hydrogen-bond acceptors (Lipinski definition) is 3. The molecular formula is C8H17N3O4. The van der Waals surface area contributed by atoms with Crippen LogP contribution in [-0.4, -0.2) is 41.0 Å². The molecule has 2 unspecified atom stereocenters. The van der Waals surface area contributed by atoms with Crippen LogP contribution in [0.5, 0.6) is 0 Å². The first kappa shape index (κ1) is 13.5. The third kappa shape index (κ3) is 7.56. The van der Waals surface area contributed by atoms with Crippen molar-refractivity contribution in [3.8, 4) is 0 Å². The van der Waals surface area contributed by atoms with Gasteiger partial charge in [0, 0.05) is 18.6 Å². The van der Waals surface area contributed by atoms with Gasteiger partial charge < -0.3 is 26.6 Å². The molecule has 2 atom stereocenters. The van der Waals surface area contributed by atoms with Crippen LogP contribution in [0.4, 0.5) is 9.59 Å². The van der Waals surface area contributed by atoms with E-state index < -0.39 is 12.2 Å². The molecule has 0 bridgehead atoms. The van der Waals surface area contributed by atoms with E-state index in [-0.39, 0.29) is 18.6 Å². The van der Waals surface area contributed by atoms with Gasteiger partial charge in [0.15, 0.2) is 0 Å². The van der Waals surface area contributed by atoms with Gasteiger partial charge >= 0.3 is 12.2 Å². The molecule has 0 saturated heterocycles. The molecule has 0 aliphatic heterocycles. The summed E-state index contributed by atoms with van der Waals surface area (Å²) in [6.07, 6.45) is -1.17. The molecule has 0 radical (unpaired) electrons. The van der Waals surface area contributed by atoms with Crippen molar-refractivity contribution < 1.29 is 19.8 Å². The van der Waals surface area contributed by atoms with Crippen molar-refractivity contribution in [1.29, 1.82) is 0 Å². The van der Waals surface area contributed by atoms with Crippen LogP contribution in [-0.2, 0) is 0 Å². The fourth-order valence-electron chi connectivity index (χ4n) is 1.16. The Bertz CT molecular complexity index is 222.